The van der Waals surface area contributed by atoms with Gasteiger partial charge in [0.05, 0.1) is 12.2 Å². The zero-order chi connectivity index (χ0) is 18.9. The topological polar surface area (TPSA) is 37.2 Å². The Kier molecular flexibility index (Phi) is 4.29. The van der Waals surface area contributed by atoms with Crippen molar-refractivity contribution < 1.29 is 0 Å². The minimum absolute atomic E-state index is 0.682. The second-order valence-electron chi connectivity index (χ2n) is 7.50. The predicted octanol–water partition coefficient (Wildman–Crippen LogP) is 4.18. The third-order valence-electron chi connectivity index (χ3n) is 5.35. The number of benzene rings is 3. The first-order valence-corrected chi connectivity index (χ1v) is 9.65. The Morgan fingerprint density at radius 2 is 1.68 bits per heavy atom. The number of nitrogens with zero attached hydrogens (tertiary/aromatic N) is 5. The number of rotatable bonds is 4. The summed E-state index contributed by atoms with van der Waals surface area (Å²) in [5.41, 5.74) is 7.27. The minimum Gasteiger partial charge on any atom is -0.339 e. The summed E-state index contributed by atoms with van der Waals surface area (Å²) in [6, 6.07) is 25.6. The van der Waals surface area contributed by atoms with E-state index in [9.17, 15) is 0 Å². The average Bonchev–Trinajstić information content (AvgIpc) is 3.13. The van der Waals surface area contributed by atoms with Crippen molar-refractivity contribution in [3.63, 3.8) is 0 Å². The van der Waals surface area contributed by atoms with Crippen molar-refractivity contribution in [2.45, 2.75) is 26.7 Å². The Labute approximate surface area is 164 Å². The van der Waals surface area contributed by atoms with E-state index in [2.05, 4.69) is 81.6 Å². The van der Waals surface area contributed by atoms with Gasteiger partial charge in [-0.2, -0.15) is 0 Å². The van der Waals surface area contributed by atoms with E-state index in [0.29, 0.717) is 6.67 Å². The van der Waals surface area contributed by atoms with Crippen LogP contribution in [-0.2, 0) is 19.8 Å². The molecular formula is C23H23N5. The van der Waals surface area contributed by atoms with Gasteiger partial charge in [0.1, 0.15) is 12.2 Å². The van der Waals surface area contributed by atoms with E-state index in [1.54, 1.807) is 0 Å². The van der Waals surface area contributed by atoms with Crippen LogP contribution in [0.1, 0.15) is 16.7 Å². The van der Waals surface area contributed by atoms with Crippen LogP contribution in [0.4, 0.5) is 5.69 Å². The van der Waals surface area contributed by atoms with Gasteiger partial charge in [-0.3, -0.25) is 4.90 Å². The van der Waals surface area contributed by atoms with Crippen LogP contribution in [0.3, 0.4) is 0 Å². The summed E-state index contributed by atoms with van der Waals surface area (Å²) >= 11 is 0. The van der Waals surface area contributed by atoms with Gasteiger partial charge in [0, 0.05) is 18.8 Å². The lowest BCUT2D eigenvalue weighted by molar-refractivity contribution is 0.235. The van der Waals surface area contributed by atoms with Crippen molar-refractivity contribution in [2.75, 3.05) is 11.6 Å². The van der Waals surface area contributed by atoms with Crippen molar-refractivity contribution in [2.24, 2.45) is 0 Å². The fourth-order valence-electron chi connectivity index (χ4n) is 3.92. The maximum absolute atomic E-state index is 4.39. The largest absolute Gasteiger partial charge is 0.339 e. The fourth-order valence-corrected chi connectivity index (χ4v) is 3.92. The summed E-state index contributed by atoms with van der Waals surface area (Å²) in [6.45, 7) is 5.56. The number of hydrogen-bond acceptors (Lipinski definition) is 4. The Morgan fingerprint density at radius 1 is 0.893 bits per heavy atom. The third-order valence-corrected chi connectivity index (χ3v) is 5.35. The zero-order valence-corrected chi connectivity index (χ0v) is 16.0. The van der Waals surface area contributed by atoms with Gasteiger partial charge in [0.2, 0.25) is 0 Å². The van der Waals surface area contributed by atoms with Gasteiger partial charge < -0.3 is 4.90 Å². The normalized spacial score (nSPS) is 14.4. The predicted molar refractivity (Wildman–Crippen MR) is 112 cm³/mol. The Hall–Kier alpha value is -3.18. The fraction of sp³-hybridized carbons (Fsp3) is 0.217. The molecule has 1 aromatic heterocycles. The van der Waals surface area contributed by atoms with E-state index in [1.807, 2.05) is 22.9 Å². The van der Waals surface area contributed by atoms with Crippen molar-refractivity contribution in [1.82, 2.24) is 19.9 Å². The number of para-hydroxylation sites is 2. The first-order valence-electron chi connectivity index (χ1n) is 9.65. The molecule has 4 aromatic rings. The molecule has 0 saturated carbocycles. The van der Waals surface area contributed by atoms with Crippen LogP contribution in [0.2, 0.25) is 0 Å². The zero-order valence-electron chi connectivity index (χ0n) is 16.0. The maximum atomic E-state index is 4.39. The molecule has 0 amide bonds. The van der Waals surface area contributed by atoms with Gasteiger partial charge in [-0.1, -0.05) is 65.4 Å². The highest BCUT2D eigenvalue weighted by Crippen LogP contribution is 2.29. The molecule has 0 unspecified atom stereocenters. The molecular weight excluding hydrogens is 346 g/mol. The highest BCUT2D eigenvalue weighted by atomic mass is 15.5. The molecule has 140 valence electrons. The molecule has 5 rings (SSSR count). The summed E-state index contributed by atoms with van der Waals surface area (Å²) in [6.07, 6.45) is 0. The minimum atomic E-state index is 0.682. The molecule has 5 heteroatoms. The van der Waals surface area contributed by atoms with Crippen LogP contribution >= 0.6 is 0 Å². The van der Waals surface area contributed by atoms with Crippen molar-refractivity contribution >= 4 is 16.7 Å². The van der Waals surface area contributed by atoms with Gasteiger partial charge >= 0.3 is 0 Å². The highest BCUT2D eigenvalue weighted by molar-refractivity contribution is 5.74. The molecule has 3 aromatic carbocycles. The number of aromatic nitrogens is 3. The summed E-state index contributed by atoms with van der Waals surface area (Å²) in [5.74, 6) is 0. The second-order valence-corrected chi connectivity index (χ2v) is 7.50. The van der Waals surface area contributed by atoms with E-state index in [0.717, 1.165) is 30.8 Å². The first-order chi connectivity index (χ1) is 13.8. The SMILES string of the molecule is Cc1ccc(CN2Cc3ccccc3N(Cn3nnc4ccccc43)C2)cc1. The third kappa shape index (κ3) is 3.25. The second kappa shape index (κ2) is 7.09. The molecule has 0 aliphatic carbocycles. The molecule has 28 heavy (non-hydrogen) atoms. The van der Waals surface area contributed by atoms with E-state index < -0.39 is 0 Å². The molecule has 0 spiro atoms. The van der Waals surface area contributed by atoms with E-state index in [1.165, 1.54) is 22.4 Å². The summed E-state index contributed by atoms with van der Waals surface area (Å²) in [7, 11) is 0. The summed E-state index contributed by atoms with van der Waals surface area (Å²) < 4.78 is 1.99. The standard InChI is InChI=1S/C23H23N5/c1-18-10-12-19(13-11-18)14-26-15-20-6-2-4-8-22(20)27(16-26)17-28-23-9-5-3-7-21(23)24-25-28/h2-13H,14-17H2,1H3. The monoisotopic (exact) mass is 369 g/mol. The van der Waals surface area contributed by atoms with Crippen LogP contribution in [-0.4, -0.2) is 26.6 Å². The lowest BCUT2D eigenvalue weighted by Gasteiger charge is -2.38. The van der Waals surface area contributed by atoms with Crippen molar-refractivity contribution in [3.05, 3.63) is 89.5 Å². The molecule has 1 aliphatic heterocycles. The lowest BCUT2D eigenvalue weighted by Crippen LogP contribution is -2.42. The number of fused-ring (bicyclic) bond motifs is 2. The van der Waals surface area contributed by atoms with Gasteiger partial charge in [-0.15, -0.1) is 5.10 Å². The Bertz CT molecular complexity index is 1100. The van der Waals surface area contributed by atoms with Gasteiger partial charge in [0.25, 0.3) is 0 Å². The molecule has 0 saturated heterocycles. The lowest BCUT2D eigenvalue weighted by atomic mass is 10.1. The molecule has 0 fully saturated rings. The first kappa shape index (κ1) is 17.0. The van der Waals surface area contributed by atoms with E-state index in [-0.39, 0.29) is 0 Å². The van der Waals surface area contributed by atoms with Crippen LogP contribution in [0.15, 0.2) is 72.8 Å². The number of anilines is 1. The molecule has 0 N–H and O–H groups in total. The maximum Gasteiger partial charge on any atom is 0.115 e. The van der Waals surface area contributed by atoms with Crippen LogP contribution < -0.4 is 4.90 Å². The smallest absolute Gasteiger partial charge is 0.115 e. The Balaban J connectivity index is 1.43. The summed E-state index contributed by atoms with van der Waals surface area (Å²) in [5, 5.41) is 8.70. The van der Waals surface area contributed by atoms with Crippen LogP contribution in [0.25, 0.3) is 11.0 Å². The number of hydrogen-bond donors (Lipinski definition) is 0. The molecule has 1 aliphatic rings. The van der Waals surface area contributed by atoms with Crippen LogP contribution in [0, 0.1) is 6.92 Å². The summed E-state index contributed by atoms with van der Waals surface area (Å²) in [4.78, 5) is 4.86. The van der Waals surface area contributed by atoms with Crippen LogP contribution in [0.5, 0.6) is 0 Å². The van der Waals surface area contributed by atoms with Crippen molar-refractivity contribution in [3.8, 4) is 0 Å². The van der Waals surface area contributed by atoms with E-state index >= 15 is 0 Å². The molecule has 0 radical (unpaired) electrons. The molecule has 0 atom stereocenters. The average molecular weight is 369 g/mol. The van der Waals surface area contributed by atoms with E-state index in [4.69, 9.17) is 0 Å². The van der Waals surface area contributed by atoms with Crippen molar-refractivity contribution in [1.29, 1.82) is 0 Å². The Morgan fingerprint density at radius 3 is 2.57 bits per heavy atom. The molecule has 5 nitrogen and oxygen atoms in total. The molecule has 2 heterocycles. The molecule has 0 bridgehead atoms. The van der Waals surface area contributed by atoms with Gasteiger partial charge in [-0.25, -0.2) is 4.68 Å². The van der Waals surface area contributed by atoms with Gasteiger partial charge in [0.15, 0.2) is 0 Å². The quantitative estimate of drug-likeness (QED) is 0.541. The highest BCUT2D eigenvalue weighted by Gasteiger charge is 2.23. The van der Waals surface area contributed by atoms with Gasteiger partial charge in [-0.05, 0) is 36.2 Å². The number of aryl methyl sites for hydroxylation is 1.